The van der Waals surface area contributed by atoms with Gasteiger partial charge in [0.2, 0.25) is 0 Å². The van der Waals surface area contributed by atoms with Gasteiger partial charge in [-0.15, -0.1) is 0 Å². The van der Waals surface area contributed by atoms with Crippen molar-refractivity contribution in [3.63, 3.8) is 0 Å². The molecule has 3 nitrogen and oxygen atoms in total. The second kappa shape index (κ2) is 5.49. The molecule has 1 rings (SSSR count). The van der Waals surface area contributed by atoms with Crippen molar-refractivity contribution in [2.45, 2.75) is 25.9 Å². The van der Waals surface area contributed by atoms with E-state index in [-0.39, 0.29) is 6.10 Å². The molecule has 1 fully saturated rings. The average Bonchev–Trinajstić information content (AvgIpc) is 2.18. The summed E-state index contributed by atoms with van der Waals surface area (Å²) in [6.45, 7) is 9.42. The summed E-state index contributed by atoms with van der Waals surface area (Å²) in [6, 6.07) is 0. The van der Waals surface area contributed by atoms with Crippen LogP contribution in [0, 0.1) is 5.92 Å². The number of piperidine rings is 1. The summed E-state index contributed by atoms with van der Waals surface area (Å²) in [4.78, 5) is 2.37. The average molecular weight is 198 g/mol. The first-order valence-electron chi connectivity index (χ1n) is 5.40. The van der Waals surface area contributed by atoms with E-state index in [2.05, 4.69) is 11.5 Å². The SMILES string of the molecule is C=C(CN)CN1CCC(C(C)O)CC1. The zero-order valence-corrected chi connectivity index (χ0v) is 9.08. The molecule has 14 heavy (non-hydrogen) atoms. The Hall–Kier alpha value is -0.380. The largest absolute Gasteiger partial charge is 0.393 e. The molecule has 3 N–H and O–H groups in total. The second-order valence-corrected chi connectivity index (χ2v) is 4.31. The molecular weight excluding hydrogens is 176 g/mol. The topological polar surface area (TPSA) is 49.5 Å². The third-order valence-electron chi connectivity index (χ3n) is 3.05. The number of aliphatic hydroxyl groups excluding tert-OH is 1. The van der Waals surface area contributed by atoms with E-state index in [9.17, 15) is 5.11 Å². The minimum Gasteiger partial charge on any atom is -0.393 e. The Morgan fingerprint density at radius 1 is 1.57 bits per heavy atom. The van der Waals surface area contributed by atoms with E-state index in [0.29, 0.717) is 12.5 Å². The highest BCUT2D eigenvalue weighted by Crippen LogP contribution is 2.20. The Bertz CT molecular complexity index is 184. The fraction of sp³-hybridized carbons (Fsp3) is 0.818. The molecule has 3 heteroatoms. The lowest BCUT2D eigenvalue weighted by Gasteiger charge is -2.33. The van der Waals surface area contributed by atoms with Crippen LogP contribution in [0.25, 0.3) is 0 Å². The predicted molar refractivity (Wildman–Crippen MR) is 59.0 cm³/mol. The van der Waals surface area contributed by atoms with Crippen LogP contribution in [0.3, 0.4) is 0 Å². The van der Waals surface area contributed by atoms with Gasteiger partial charge in [-0.2, -0.15) is 0 Å². The van der Waals surface area contributed by atoms with E-state index in [0.717, 1.165) is 38.0 Å². The maximum absolute atomic E-state index is 9.44. The van der Waals surface area contributed by atoms with Gasteiger partial charge in [0.1, 0.15) is 0 Å². The van der Waals surface area contributed by atoms with Crippen molar-refractivity contribution < 1.29 is 5.11 Å². The van der Waals surface area contributed by atoms with Crippen LogP contribution >= 0.6 is 0 Å². The van der Waals surface area contributed by atoms with Crippen LogP contribution < -0.4 is 5.73 Å². The summed E-state index contributed by atoms with van der Waals surface area (Å²) in [5.74, 6) is 0.484. The quantitative estimate of drug-likeness (QED) is 0.650. The maximum atomic E-state index is 9.44. The third-order valence-corrected chi connectivity index (χ3v) is 3.05. The predicted octanol–water partition coefficient (Wildman–Crippen LogP) is 0.594. The van der Waals surface area contributed by atoms with E-state index in [1.165, 1.54) is 0 Å². The van der Waals surface area contributed by atoms with Gasteiger partial charge in [0.15, 0.2) is 0 Å². The number of nitrogens with two attached hydrogens (primary N) is 1. The molecule has 0 bridgehead atoms. The molecule has 1 aliphatic heterocycles. The summed E-state index contributed by atoms with van der Waals surface area (Å²) in [5.41, 5.74) is 6.60. The number of nitrogens with zero attached hydrogens (tertiary/aromatic N) is 1. The van der Waals surface area contributed by atoms with Gasteiger partial charge in [-0.1, -0.05) is 6.58 Å². The molecule has 0 amide bonds. The van der Waals surface area contributed by atoms with Crippen LogP contribution in [0.5, 0.6) is 0 Å². The zero-order chi connectivity index (χ0) is 10.6. The van der Waals surface area contributed by atoms with Crippen molar-refractivity contribution in [3.05, 3.63) is 12.2 Å². The molecule has 1 atom stereocenters. The molecule has 1 unspecified atom stereocenters. The molecule has 0 radical (unpaired) electrons. The van der Waals surface area contributed by atoms with Crippen molar-refractivity contribution in [2.24, 2.45) is 11.7 Å². The number of hydrogen-bond acceptors (Lipinski definition) is 3. The van der Waals surface area contributed by atoms with Crippen LogP contribution in [-0.2, 0) is 0 Å². The Balaban J connectivity index is 2.25. The fourth-order valence-corrected chi connectivity index (χ4v) is 1.97. The van der Waals surface area contributed by atoms with Crippen molar-refractivity contribution >= 4 is 0 Å². The Morgan fingerprint density at radius 2 is 2.14 bits per heavy atom. The van der Waals surface area contributed by atoms with Crippen molar-refractivity contribution in [2.75, 3.05) is 26.2 Å². The fourth-order valence-electron chi connectivity index (χ4n) is 1.97. The van der Waals surface area contributed by atoms with Crippen LogP contribution in [0.4, 0.5) is 0 Å². The summed E-state index contributed by atoms with van der Waals surface area (Å²) in [6.07, 6.45) is 2.03. The first-order valence-corrected chi connectivity index (χ1v) is 5.40. The molecule has 1 saturated heterocycles. The van der Waals surface area contributed by atoms with Gasteiger partial charge in [0, 0.05) is 13.1 Å². The van der Waals surface area contributed by atoms with Crippen LogP contribution in [-0.4, -0.2) is 42.3 Å². The first kappa shape index (κ1) is 11.7. The maximum Gasteiger partial charge on any atom is 0.0541 e. The van der Waals surface area contributed by atoms with Crippen molar-refractivity contribution in [1.82, 2.24) is 4.90 Å². The van der Waals surface area contributed by atoms with Gasteiger partial charge in [-0.25, -0.2) is 0 Å². The molecule has 1 aliphatic rings. The molecule has 0 saturated carbocycles. The lowest BCUT2D eigenvalue weighted by molar-refractivity contribution is 0.0748. The van der Waals surface area contributed by atoms with Gasteiger partial charge in [-0.05, 0) is 44.3 Å². The molecule has 0 aromatic heterocycles. The summed E-state index contributed by atoms with van der Waals surface area (Å²) in [5, 5.41) is 9.44. The van der Waals surface area contributed by atoms with Crippen LogP contribution in [0.2, 0.25) is 0 Å². The Kier molecular flexibility index (Phi) is 4.58. The molecule has 82 valence electrons. The zero-order valence-electron chi connectivity index (χ0n) is 9.08. The Labute approximate surface area is 86.6 Å². The summed E-state index contributed by atoms with van der Waals surface area (Å²) < 4.78 is 0. The molecule has 0 aromatic rings. The normalized spacial score (nSPS) is 22.2. The second-order valence-electron chi connectivity index (χ2n) is 4.31. The van der Waals surface area contributed by atoms with E-state index < -0.39 is 0 Å². The standard InChI is InChI=1S/C11H22N2O/c1-9(7-12)8-13-5-3-11(4-6-13)10(2)14/h10-11,14H,1,3-8,12H2,2H3. The minimum atomic E-state index is -0.158. The van der Waals surface area contributed by atoms with E-state index >= 15 is 0 Å². The summed E-state index contributed by atoms with van der Waals surface area (Å²) >= 11 is 0. The molecule has 0 aliphatic carbocycles. The van der Waals surface area contributed by atoms with Gasteiger partial charge in [0.05, 0.1) is 6.10 Å². The molecular formula is C11H22N2O. The highest BCUT2D eigenvalue weighted by atomic mass is 16.3. The lowest BCUT2D eigenvalue weighted by Crippen LogP contribution is -2.38. The van der Waals surface area contributed by atoms with E-state index in [1.807, 2.05) is 6.92 Å². The number of rotatable bonds is 4. The molecule has 0 spiro atoms. The third kappa shape index (κ3) is 3.40. The first-order chi connectivity index (χ1) is 6.63. The van der Waals surface area contributed by atoms with Crippen LogP contribution in [0.15, 0.2) is 12.2 Å². The molecule has 1 heterocycles. The lowest BCUT2D eigenvalue weighted by atomic mass is 9.92. The summed E-state index contributed by atoms with van der Waals surface area (Å²) in [7, 11) is 0. The van der Waals surface area contributed by atoms with Gasteiger partial charge >= 0.3 is 0 Å². The van der Waals surface area contributed by atoms with Crippen molar-refractivity contribution in [3.8, 4) is 0 Å². The van der Waals surface area contributed by atoms with Crippen LogP contribution in [0.1, 0.15) is 19.8 Å². The molecule has 0 aromatic carbocycles. The Morgan fingerprint density at radius 3 is 2.57 bits per heavy atom. The van der Waals surface area contributed by atoms with E-state index in [4.69, 9.17) is 5.73 Å². The number of likely N-dealkylation sites (tertiary alicyclic amines) is 1. The van der Waals surface area contributed by atoms with Gasteiger partial charge < -0.3 is 10.8 Å². The number of aliphatic hydroxyl groups is 1. The minimum absolute atomic E-state index is 0.158. The van der Waals surface area contributed by atoms with Gasteiger partial charge in [-0.3, -0.25) is 4.90 Å². The monoisotopic (exact) mass is 198 g/mol. The van der Waals surface area contributed by atoms with Crippen molar-refractivity contribution in [1.29, 1.82) is 0 Å². The van der Waals surface area contributed by atoms with Gasteiger partial charge in [0.25, 0.3) is 0 Å². The highest BCUT2D eigenvalue weighted by molar-refractivity contribution is 4.99. The smallest absolute Gasteiger partial charge is 0.0541 e. The number of hydrogen-bond donors (Lipinski definition) is 2. The highest BCUT2D eigenvalue weighted by Gasteiger charge is 2.22. The van der Waals surface area contributed by atoms with E-state index in [1.54, 1.807) is 0 Å².